The topological polar surface area (TPSA) is 96.0 Å². The van der Waals surface area contributed by atoms with Crippen molar-refractivity contribution in [3.63, 3.8) is 0 Å². The Hall–Kier alpha value is -1.41. The number of aromatic nitrogens is 2. The van der Waals surface area contributed by atoms with Crippen LogP contribution in [0, 0.1) is 5.92 Å². The normalized spacial score (nSPS) is 22.8. The Balaban J connectivity index is 1.95. The lowest BCUT2D eigenvalue weighted by atomic mass is 9.85. The molecule has 118 valence electrons. The number of hydrogen-bond acceptors (Lipinski definition) is 6. The highest BCUT2D eigenvalue weighted by atomic mass is 32.2. The molecule has 7 nitrogen and oxygen atoms in total. The first kappa shape index (κ1) is 16.0. The van der Waals surface area contributed by atoms with Crippen molar-refractivity contribution in [1.29, 1.82) is 0 Å². The van der Waals surface area contributed by atoms with Crippen LogP contribution < -0.4 is 15.4 Å². The van der Waals surface area contributed by atoms with Gasteiger partial charge in [0.1, 0.15) is 18.0 Å². The van der Waals surface area contributed by atoms with Crippen molar-refractivity contribution in [2.24, 2.45) is 5.92 Å². The monoisotopic (exact) mass is 313 g/mol. The first-order valence-corrected chi connectivity index (χ1v) is 9.08. The smallest absolute Gasteiger partial charge is 0.208 e. The van der Waals surface area contributed by atoms with Crippen LogP contribution >= 0.6 is 0 Å². The standard InChI is InChI=1S/C13H23N5O2S/c1-14-12-7-13(17-9-16-12)15-8-10-5-3-4-6-11(10)18-21(2,19)20/h7,9-11,18H,3-6,8H2,1-2H3,(H2,14,15,16,17). The molecule has 0 amide bonds. The molecule has 1 aliphatic rings. The van der Waals surface area contributed by atoms with Crippen LogP contribution in [0.15, 0.2) is 12.4 Å². The number of anilines is 2. The highest BCUT2D eigenvalue weighted by Gasteiger charge is 2.27. The zero-order chi connectivity index (χ0) is 15.3. The fourth-order valence-electron chi connectivity index (χ4n) is 2.71. The second-order valence-corrected chi connectivity index (χ2v) is 7.24. The maximum Gasteiger partial charge on any atom is 0.208 e. The van der Waals surface area contributed by atoms with Gasteiger partial charge in [-0.3, -0.25) is 0 Å². The summed E-state index contributed by atoms with van der Waals surface area (Å²) in [7, 11) is -1.36. The number of nitrogens with zero attached hydrogens (tertiary/aromatic N) is 2. The number of sulfonamides is 1. The lowest BCUT2D eigenvalue weighted by molar-refractivity contribution is 0.302. The summed E-state index contributed by atoms with van der Waals surface area (Å²) in [6.45, 7) is 0.702. The summed E-state index contributed by atoms with van der Waals surface area (Å²) in [5.74, 6) is 1.78. The van der Waals surface area contributed by atoms with Crippen LogP contribution in [0.5, 0.6) is 0 Å². The van der Waals surface area contributed by atoms with Crippen molar-refractivity contribution >= 4 is 21.7 Å². The van der Waals surface area contributed by atoms with E-state index in [1.165, 1.54) is 12.6 Å². The first-order chi connectivity index (χ1) is 9.98. The predicted molar refractivity (Wildman–Crippen MR) is 83.8 cm³/mol. The quantitative estimate of drug-likeness (QED) is 0.726. The van der Waals surface area contributed by atoms with Gasteiger partial charge in [-0.15, -0.1) is 0 Å². The molecule has 0 radical (unpaired) electrons. The molecule has 0 spiro atoms. The number of hydrogen-bond donors (Lipinski definition) is 3. The maximum absolute atomic E-state index is 11.4. The van der Waals surface area contributed by atoms with E-state index in [0.29, 0.717) is 6.54 Å². The fraction of sp³-hybridized carbons (Fsp3) is 0.692. The molecule has 1 aromatic rings. The van der Waals surface area contributed by atoms with Gasteiger partial charge >= 0.3 is 0 Å². The fourth-order valence-corrected chi connectivity index (χ4v) is 3.57. The first-order valence-electron chi connectivity index (χ1n) is 7.19. The van der Waals surface area contributed by atoms with E-state index in [4.69, 9.17) is 0 Å². The van der Waals surface area contributed by atoms with E-state index in [9.17, 15) is 8.42 Å². The van der Waals surface area contributed by atoms with E-state index in [1.807, 2.05) is 6.07 Å². The molecule has 1 fully saturated rings. The van der Waals surface area contributed by atoms with Crippen molar-refractivity contribution in [3.05, 3.63) is 12.4 Å². The molecular weight excluding hydrogens is 290 g/mol. The molecule has 1 aliphatic carbocycles. The Morgan fingerprint density at radius 1 is 1.24 bits per heavy atom. The molecule has 2 rings (SSSR count). The molecule has 1 aromatic heterocycles. The molecule has 1 heterocycles. The average Bonchev–Trinajstić information content (AvgIpc) is 2.45. The zero-order valence-corrected chi connectivity index (χ0v) is 13.3. The predicted octanol–water partition coefficient (Wildman–Crippen LogP) is 1.04. The third-order valence-corrected chi connectivity index (χ3v) is 4.47. The summed E-state index contributed by atoms with van der Waals surface area (Å²) in [4.78, 5) is 8.23. The van der Waals surface area contributed by atoms with E-state index < -0.39 is 10.0 Å². The van der Waals surface area contributed by atoms with Crippen LogP contribution in [-0.4, -0.2) is 44.3 Å². The largest absolute Gasteiger partial charge is 0.373 e. The number of nitrogens with one attached hydrogen (secondary N) is 3. The van der Waals surface area contributed by atoms with E-state index >= 15 is 0 Å². The van der Waals surface area contributed by atoms with Crippen LogP contribution in [0.3, 0.4) is 0 Å². The molecule has 8 heteroatoms. The summed E-state index contributed by atoms with van der Waals surface area (Å²) < 4.78 is 25.6. The lowest BCUT2D eigenvalue weighted by Gasteiger charge is -2.31. The lowest BCUT2D eigenvalue weighted by Crippen LogP contribution is -2.44. The average molecular weight is 313 g/mol. The maximum atomic E-state index is 11.4. The van der Waals surface area contributed by atoms with E-state index in [1.54, 1.807) is 7.05 Å². The number of rotatable bonds is 6. The van der Waals surface area contributed by atoms with Crippen molar-refractivity contribution in [2.75, 3.05) is 30.5 Å². The van der Waals surface area contributed by atoms with Gasteiger partial charge in [0.2, 0.25) is 10.0 Å². The van der Waals surface area contributed by atoms with Gasteiger partial charge in [0.05, 0.1) is 6.26 Å². The van der Waals surface area contributed by atoms with Crippen LogP contribution in [0.1, 0.15) is 25.7 Å². The molecular formula is C13H23N5O2S. The highest BCUT2D eigenvalue weighted by Crippen LogP contribution is 2.25. The van der Waals surface area contributed by atoms with Gasteiger partial charge in [-0.25, -0.2) is 23.1 Å². The van der Waals surface area contributed by atoms with E-state index in [2.05, 4.69) is 25.3 Å². The third-order valence-electron chi connectivity index (χ3n) is 3.74. The molecule has 3 N–H and O–H groups in total. The van der Waals surface area contributed by atoms with Crippen molar-refractivity contribution in [2.45, 2.75) is 31.7 Å². The minimum absolute atomic E-state index is 0.00635. The van der Waals surface area contributed by atoms with Gasteiger partial charge in [0.15, 0.2) is 0 Å². The minimum Gasteiger partial charge on any atom is -0.373 e. The van der Waals surface area contributed by atoms with Crippen LogP contribution in [-0.2, 0) is 10.0 Å². The Labute approximate surface area is 126 Å². The van der Waals surface area contributed by atoms with E-state index in [-0.39, 0.29) is 12.0 Å². The van der Waals surface area contributed by atoms with Gasteiger partial charge < -0.3 is 10.6 Å². The summed E-state index contributed by atoms with van der Waals surface area (Å²) in [5.41, 5.74) is 0. The van der Waals surface area contributed by atoms with Gasteiger partial charge in [-0.1, -0.05) is 12.8 Å². The van der Waals surface area contributed by atoms with Crippen molar-refractivity contribution in [1.82, 2.24) is 14.7 Å². The summed E-state index contributed by atoms with van der Waals surface area (Å²) in [6, 6.07) is 1.84. The Bertz CT molecular complexity index is 563. The minimum atomic E-state index is -3.16. The van der Waals surface area contributed by atoms with Crippen molar-refractivity contribution in [3.8, 4) is 0 Å². The Morgan fingerprint density at radius 3 is 2.67 bits per heavy atom. The molecule has 0 saturated heterocycles. The molecule has 2 unspecified atom stereocenters. The molecule has 0 aromatic carbocycles. The molecule has 2 atom stereocenters. The van der Waals surface area contributed by atoms with Gasteiger partial charge in [0.25, 0.3) is 0 Å². The van der Waals surface area contributed by atoms with Crippen molar-refractivity contribution < 1.29 is 8.42 Å². The second kappa shape index (κ2) is 7.04. The third kappa shape index (κ3) is 5.13. The molecule has 21 heavy (non-hydrogen) atoms. The van der Waals surface area contributed by atoms with Gasteiger partial charge in [-0.2, -0.15) is 0 Å². The summed E-state index contributed by atoms with van der Waals surface area (Å²) >= 11 is 0. The summed E-state index contributed by atoms with van der Waals surface area (Å²) in [6.07, 6.45) is 6.84. The molecule has 1 saturated carbocycles. The highest BCUT2D eigenvalue weighted by molar-refractivity contribution is 7.88. The van der Waals surface area contributed by atoms with Gasteiger partial charge in [0, 0.05) is 25.7 Å². The second-order valence-electron chi connectivity index (χ2n) is 5.46. The summed E-state index contributed by atoms with van der Waals surface area (Å²) in [5, 5.41) is 6.24. The van der Waals surface area contributed by atoms with Crippen LogP contribution in [0.2, 0.25) is 0 Å². The van der Waals surface area contributed by atoms with Crippen LogP contribution in [0.4, 0.5) is 11.6 Å². The Morgan fingerprint density at radius 2 is 1.95 bits per heavy atom. The van der Waals surface area contributed by atoms with Crippen LogP contribution in [0.25, 0.3) is 0 Å². The van der Waals surface area contributed by atoms with E-state index in [0.717, 1.165) is 37.3 Å². The molecule has 0 aliphatic heterocycles. The zero-order valence-electron chi connectivity index (χ0n) is 12.5. The SMILES string of the molecule is CNc1cc(NCC2CCCCC2NS(C)(=O)=O)ncn1. The Kier molecular flexibility index (Phi) is 5.35. The molecule has 0 bridgehead atoms. The van der Waals surface area contributed by atoms with Gasteiger partial charge in [-0.05, 0) is 18.8 Å².